The van der Waals surface area contributed by atoms with Gasteiger partial charge in [-0.1, -0.05) is 6.92 Å². The van der Waals surface area contributed by atoms with Crippen molar-refractivity contribution < 1.29 is 4.42 Å². The van der Waals surface area contributed by atoms with Crippen molar-refractivity contribution in [2.45, 2.75) is 57.7 Å². The lowest BCUT2D eigenvalue weighted by Gasteiger charge is -2.23. The summed E-state index contributed by atoms with van der Waals surface area (Å²) >= 11 is 0. The summed E-state index contributed by atoms with van der Waals surface area (Å²) in [5.74, 6) is 4.69. The molecule has 2 aromatic rings. The summed E-state index contributed by atoms with van der Waals surface area (Å²) in [4.78, 5) is 9.22. The molecule has 2 aliphatic rings. The van der Waals surface area contributed by atoms with E-state index in [-0.39, 0.29) is 0 Å². The highest BCUT2D eigenvalue weighted by Crippen LogP contribution is 2.38. The Morgan fingerprint density at radius 3 is 2.84 bits per heavy atom. The molecule has 7 nitrogen and oxygen atoms in total. The SMILES string of the molecule is CCc1cnc(CN(C)[C@H]2CCN(Cc3nnc(C4CC4)n3C)C2)o1. The van der Waals surface area contributed by atoms with Crippen LogP contribution in [-0.4, -0.2) is 55.7 Å². The van der Waals surface area contributed by atoms with Crippen molar-refractivity contribution in [3.8, 4) is 0 Å². The molecule has 2 fully saturated rings. The summed E-state index contributed by atoms with van der Waals surface area (Å²) < 4.78 is 7.95. The summed E-state index contributed by atoms with van der Waals surface area (Å²) in [6.07, 6.45) is 6.45. The average molecular weight is 344 g/mol. The molecule has 3 heterocycles. The molecule has 4 rings (SSSR count). The minimum absolute atomic E-state index is 0.535. The zero-order chi connectivity index (χ0) is 17.4. The van der Waals surface area contributed by atoms with Gasteiger partial charge in [0, 0.05) is 38.5 Å². The van der Waals surface area contributed by atoms with E-state index in [0.717, 1.165) is 50.1 Å². The third kappa shape index (κ3) is 3.62. The van der Waals surface area contributed by atoms with Gasteiger partial charge in [-0.15, -0.1) is 10.2 Å². The molecule has 25 heavy (non-hydrogen) atoms. The molecule has 0 N–H and O–H groups in total. The number of aryl methyl sites for hydroxylation is 1. The molecule has 0 aromatic carbocycles. The number of aromatic nitrogens is 4. The summed E-state index contributed by atoms with van der Waals surface area (Å²) in [5.41, 5.74) is 0. The summed E-state index contributed by atoms with van der Waals surface area (Å²) in [6, 6.07) is 0.535. The molecule has 1 saturated carbocycles. The van der Waals surface area contributed by atoms with Gasteiger partial charge in [-0.3, -0.25) is 9.80 Å². The summed E-state index contributed by atoms with van der Waals surface area (Å²) in [6.45, 7) is 5.91. The highest BCUT2D eigenvalue weighted by molar-refractivity contribution is 5.08. The Morgan fingerprint density at radius 2 is 2.12 bits per heavy atom. The van der Waals surface area contributed by atoms with Gasteiger partial charge >= 0.3 is 0 Å². The molecule has 136 valence electrons. The minimum Gasteiger partial charge on any atom is -0.444 e. The van der Waals surface area contributed by atoms with Crippen LogP contribution in [0.4, 0.5) is 0 Å². The van der Waals surface area contributed by atoms with E-state index in [0.29, 0.717) is 12.0 Å². The molecule has 0 spiro atoms. The monoisotopic (exact) mass is 344 g/mol. The van der Waals surface area contributed by atoms with E-state index in [1.807, 2.05) is 6.20 Å². The maximum atomic E-state index is 5.74. The van der Waals surface area contributed by atoms with Gasteiger partial charge in [0.25, 0.3) is 0 Å². The van der Waals surface area contributed by atoms with E-state index < -0.39 is 0 Å². The van der Waals surface area contributed by atoms with Crippen LogP contribution in [-0.2, 0) is 26.6 Å². The normalized spacial score (nSPS) is 21.5. The van der Waals surface area contributed by atoms with Crippen LogP contribution in [0.1, 0.15) is 55.4 Å². The van der Waals surface area contributed by atoms with Gasteiger partial charge in [0.1, 0.15) is 17.4 Å². The predicted molar refractivity (Wildman–Crippen MR) is 94.0 cm³/mol. The molecule has 7 heteroatoms. The van der Waals surface area contributed by atoms with Crippen molar-refractivity contribution in [2.24, 2.45) is 7.05 Å². The fourth-order valence-corrected chi connectivity index (χ4v) is 3.65. The van der Waals surface area contributed by atoms with Gasteiger partial charge in [-0.25, -0.2) is 4.98 Å². The Morgan fingerprint density at radius 1 is 1.28 bits per heavy atom. The second kappa shape index (κ2) is 6.88. The zero-order valence-corrected chi connectivity index (χ0v) is 15.5. The quantitative estimate of drug-likeness (QED) is 0.765. The highest BCUT2D eigenvalue weighted by Gasteiger charge is 2.31. The van der Waals surface area contributed by atoms with E-state index >= 15 is 0 Å². The van der Waals surface area contributed by atoms with Crippen molar-refractivity contribution in [3.63, 3.8) is 0 Å². The highest BCUT2D eigenvalue weighted by atomic mass is 16.4. The standard InChI is InChI=1S/C18H28N6O/c1-4-15-9-19-17(25-15)12-22(2)14-7-8-24(10-14)11-16-20-21-18(23(16)3)13-5-6-13/h9,13-14H,4-8,10-12H2,1-3H3/t14-/m0/s1. The van der Waals surface area contributed by atoms with Crippen LogP contribution < -0.4 is 0 Å². The Kier molecular flexibility index (Phi) is 4.60. The summed E-state index contributed by atoms with van der Waals surface area (Å²) in [7, 11) is 4.27. The molecule has 1 atom stereocenters. The van der Waals surface area contributed by atoms with E-state index in [1.54, 1.807) is 0 Å². The molecular formula is C18H28N6O. The van der Waals surface area contributed by atoms with Gasteiger partial charge in [0.15, 0.2) is 0 Å². The van der Waals surface area contributed by atoms with Crippen LogP contribution in [0.3, 0.4) is 0 Å². The fraction of sp³-hybridized carbons (Fsp3) is 0.722. The van der Waals surface area contributed by atoms with Crippen molar-refractivity contribution in [1.29, 1.82) is 0 Å². The Hall–Kier alpha value is -1.73. The third-order valence-electron chi connectivity index (χ3n) is 5.51. The molecular weight excluding hydrogens is 316 g/mol. The van der Waals surface area contributed by atoms with Crippen LogP contribution in [0.5, 0.6) is 0 Å². The van der Waals surface area contributed by atoms with Crippen molar-refractivity contribution in [3.05, 3.63) is 29.5 Å². The first kappa shape index (κ1) is 16.7. The smallest absolute Gasteiger partial charge is 0.208 e. The van der Waals surface area contributed by atoms with Crippen molar-refractivity contribution in [1.82, 2.24) is 29.5 Å². The van der Waals surface area contributed by atoms with Crippen LogP contribution in [0, 0.1) is 0 Å². The molecule has 0 amide bonds. The largest absolute Gasteiger partial charge is 0.444 e. The number of oxazole rings is 1. The van der Waals surface area contributed by atoms with E-state index in [4.69, 9.17) is 4.42 Å². The minimum atomic E-state index is 0.535. The lowest BCUT2D eigenvalue weighted by Crippen LogP contribution is -2.34. The van der Waals surface area contributed by atoms with Gasteiger partial charge < -0.3 is 8.98 Å². The maximum absolute atomic E-state index is 5.74. The van der Waals surface area contributed by atoms with Crippen LogP contribution in [0.2, 0.25) is 0 Å². The predicted octanol–water partition coefficient (Wildman–Crippen LogP) is 1.95. The van der Waals surface area contributed by atoms with E-state index in [9.17, 15) is 0 Å². The molecule has 1 aliphatic carbocycles. The van der Waals surface area contributed by atoms with Crippen LogP contribution >= 0.6 is 0 Å². The first-order valence-corrected chi connectivity index (χ1v) is 9.38. The number of hydrogen-bond donors (Lipinski definition) is 0. The van der Waals surface area contributed by atoms with Crippen molar-refractivity contribution in [2.75, 3.05) is 20.1 Å². The number of hydrogen-bond acceptors (Lipinski definition) is 6. The number of nitrogens with zero attached hydrogens (tertiary/aromatic N) is 6. The van der Waals surface area contributed by atoms with Gasteiger partial charge in [0.05, 0.1) is 19.3 Å². The Bertz CT molecular complexity index is 719. The molecule has 0 unspecified atom stereocenters. The first-order chi connectivity index (χ1) is 12.1. The Balaban J connectivity index is 1.31. The molecule has 0 bridgehead atoms. The lowest BCUT2D eigenvalue weighted by atomic mass is 10.2. The van der Waals surface area contributed by atoms with Crippen molar-refractivity contribution >= 4 is 0 Å². The topological polar surface area (TPSA) is 63.2 Å². The average Bonchev–Trinajstić information content (AvgIpc) is 3.02. The lowest BCUT2D eigenvalue weighted by molar-refractivity contribution is 0.202. The molecule has 1 aliphatic heterocycles. The number of likely N-dealkylation sites (tertiary alicyclic amines) is 1. The van der Waals surface area contributed by atoms with Gasteiger partial charge in [-0.05, 0) is 26.3 Å². The first-order valence-electron chi connectivity index (χ1n) is 9.38. The van der Waals surface area contributed by atoms with Gasteiger partial charge in [0.2, 0.25) is 5.89 Å². The van der Waals surface area contributed by atoms with Crippen LogP contribution in [0.15, 0.2) is 10.6 Å². The van der Waals surface area contributed by atoms with E-state index in [2.05, 4.69) is 50.6 Å². The van der Waals surface area contributed by atoms with E-state index in [1.165, 1.54) is 25.1 Å². The zero-order valence-electron chi connectivity index (χ0n) is 15.5. The van der Waals surface area contributed by atoms with Gasteiger partial charge in [-0.2, -0.15) is 0 Å². The maximum Gasteiger partial charge on any atom is 0.208 e. The Labute approximate surface area is 149 Å². The fourth-order valence-electron chi connectivity index (χ4n) is 3.65. The molecule has 1 saturated heterocycles. The molecule has 2 aromatic heterocycles. The second-order valence-electron chi connectivity index (χ2n) is 7.47. The summed E-state index contributed by atoms with van der Waals surface area (Å²) in [5, 5.41) is 8.82. The van der Waals surface area contributed by atoms with Crippen LogP contribution in [0.25, 0.3) is 0 Å². The third-order valence-corrected chi connectivity index (χ3v) is 5.51. The number of likely N-dealkylation sites (N-methyl/N-ethyl adjacent to an activating group) is 1. The molecule has 0 radical (unpaired) electrons. The second-order valence-corrected chi connectivity index (χ2v) is 7.47. The number of rotatable bonds is 7.